The summed E-state index contributed by atoms with van der Waals surface area (Å²) in [6.45, 7) is 2.02. The Bertz CT molecular complexity index is 1030. The highest BCUT2D eigenvalue weighted by atomic mass is 32.2. The first-order valence-electron chi connectivity index (χ1n) is 8.88. The van der Waals surface area contributed by atoms with Gasteiger partial charge in [0, 0.05) is 18.0 Å². The van der Waals surface area contributed by atoms with Crippen molar-refractivity contribution in [2.75, 3.05) is 6.54 Å². The summed E-state index contributed by atoms with van der Waals surface area (Å²) < 4.78 is 23.4. The number of rotatable bonds is 6. The van der Waals surface area contributed by atoms with Gasteiger partial charge in [-0.1, -0.05) is 66.7 Å². The highest BCUT2D eigenvalue weighted by Crippen LogP contribution is 2.24. The first kappa shape index (κ1) is 19.8. The van der Waals surface area contributed by atoms with Crippen molar-refractivity contribution in [3.8, 4) is 0 Å². The van der Waals surface area contributed by atoms with Crippen LogP contribution in [0, 0.1) is 6.92 Å². The van der Waals surface area contributed by atoms with Crippen LogP contribution in [0.4, 0.5) is 0 Å². The van der Waals surface area contributed by atoms with Crippen molar-refractivity contribution in [2.24, 2.45) is 5.14 Å². The normalized spacial score (nSPS) is 11.4. The van der Waals surface area contributed by atoms with Crippen LogP contribution < -0.4 is 10.5 Å². The first-order valence-corrected chi connectivity index (χ1v) is 10.4. The Morgan fingerprint density at radius 2 is 1.46 bits per heavy atom. The topological polar surface area (TPSA) is 89.3 Å². The molecule has 0 unspecified atom stereocenters. The Kier molecular flexibility index (Phi) is 5.92. The van der Waals surface area contributed by atoms with Gasteiger partial charge in [0.25, 0.3) is 5.91 Å². The molecule has 0 saturated carbocycles. The van der Waals surface area contributed by atoms with Gasteiger partial charge in [0.2, 0.25) is 10.0 Å². The average Bonchev–Trinajstić information content (AvgIpc) is 2.69. The van der Waals surface area contributed by atoms with Crippen molar-refractivity contribution in [2.45, 2.75) is 17.7 Å². The molecule has 0 radical (unpaired) electrons. The minimum absolute atomic E-state index is 0.0190. The van der Waals surface area contributed by atoms with Crippen LogP contribution in [0.5, 0.6) is 0 Å². The highest BCUT2D eigenvalue weighted by Gasteiger charge is 2.18. The van der Waals surface area contributed by atoms with Crippen LogP contribution in [0.1, 0.15) is 33.0 Å². The van der Waals surface area contributed by atoms with Crippen LogP contribution in [-0.4, -0.2) is 20.9 Å². The van der Waals surface area contributed by atoms with Gasteiger partial charge in [-0.15, -0.1) is 0 Å². The molecule has 0 atom stereocenters. The molecule has 3 aromatic rings. The van der Waals surface area contributed by atoms with E-state index in [1.54, 1.807) is 19.1 Å². The Morgan fingerprint density at radius 3 is 1.96 bits per heavy atom. The lowest BCUT2D eigenvalue weighted by Crippen LogP contribution is -2.29. The van der Waals surface area contributed by atoms with Gasteiger partial charge in [-0.2, -0.15) is 0 Å². The maximum absolute atomic E-state index is 12.7. The van der Waals surface area contributed by atoms with Crippen molar-refractivity contribution in [3.05, 3.63) is 101 Å². The van der Waals surface area contributed by atoms with Gasteiger partial charge in [-0.25, -0.2) is 13.6 Å². The second kappa shape index (κ2) is 8.37. The standard InChI is InChI=1S/C22H22N2O3S/c1-16-12-13-19(14-21(16)28(23,26)27)22(25)24-15-20(17-8-4-2-5-9-17)18-10-6-3-7-11-18/h2-14,20H,15H2,1H3,(H,24,25)(H2,23,26,27). The van der Waals surface area contributed by atoms with E-state index in [0.717, 1.165) is 11.1 Å². The molecule has 144 valence electrons. The molecular weight excluding hydrogens is 372 g/mol. The van der Waals surface area contributed by atoms with Crippen LogP contribution >= 0.6 is 0 Å². The van der Waals surface area contributed by atoms with Crippen LogP contribution in [0.25, 0.3) is 0 Å². The quantitative estimate of drug-likeness (QED) is 0.673. The number of nitrogens with one attached hydrogen (secondary N) is 1. The van der Waals surface area contributed by atoms with E-state index < -0.39 is 10.0 Å². The molecule has 0 aromatic heterocycles. The summed E-state index contributed by atoms with van der Waals surface area (Å²) in [6.07, 6.45) is 0. The third-order valence-corrected chi connectivity index (χ3v) is 5.68. The zero-order valence-electron chi connectivity index (χ0n) is 15.5. The van der Waals surface area contributed by atoms with Crippen LogP contribution in [0.2, 0.25) is 0 Å². The average molecular weight is 394 g/mol. The van der Waals surface area contributed by atoms with Gasteiger partial charge in [-0.3, -0.25) is 4.79 Å². The van der Waals surface area contributed by atoms with Gasteiger partial charge in [0.15, 0.2) is 0 Å². The fourth-order valence-electron chi connectivity index (χ4n) is 3.14. The maximum Gasteiger partial charge on any atom is 0.251 e. The van der Waals surface area contributed by atoms with Gasteiger partial charge >= 0.3 is 0 Å². The fourth-order valence-corrected chi connectivity index (χ4v) is 3.95. The second-order valence-corrected chi connectivity index (χ2v) is 8.14. The van der Waals surface area contributed by atoms with E-state index in [9.17, 15) is 13.2 Å². The molecule has 0 saturated heterocycles. The maximum atomic E-state index is 12.7. The Hall–Kier alpha value is -2.96. The molecule has 1 amide bonds. The molecule has 0 heterocycles. The minimum atomic E-state index is -3.89. The molecule has 0 aliphatic rings. The predicted octanol–water partition coefficient (Wildman–Crippen LogP) is 3.20. The van der Waals surface area contributed by atoms with Gasteiger partial charge in [-0.05, 0) is 35.7 Å². The predicted molar refractivity (Wildman–Crippen MR) is 110 cm³/mol. The molecule has 3 rings (SSSR count). The molecule has 0 aliphatic carbocycles. The van der Waals surface area contributed by atoms with Crippen molar-refractivity contribution in [1.29, 1.82) is 0 Å². The van der Waals surface area contributed by atoms with Crippen molar-refractivity contribution >= 4 is 15.9 Å². The van der Waals surface area contributed by atoms with Gasteiger partial charge < -0.3 is 5.32 Å². The number of carbonyl (C=O) groups is 1. The minimum Gasteiger partial charge on any atom is -0.351 e. The lowest BCUT2D eigenvalue weighted by molar-refractivity contribution is 0.0952. The first-order chi connectivity index (χ1) is 13.4. The molecule has 3 aromatic carbocycles. The number of amides is 1. The largest absolute Gasteiger partial charge is 0.351 e. The van der Waals surface area contributed by atoms with Crippen molar-refractivity contribution in [1.82, 2.24) is 5.32 Å². The number of benzene rings is 3. The summed E-state index contributed by atoms with van der Waals surface area (Å²) in [7, 11) is -3.89. The number of aryl methyl sites for hydroxylation is 1. The lowest BCUT2D eigenvalue weighted by Gasteiger charge is -2.19. The Morgan fingerprint density at radius 1 is 0.929 bits per heavy atom. The molecular formula is C22H22N2O3S. The Labute approximate surface area is 165 Å². The zero-order chi connectivity index (χ0) is 20.1. The SMILES string of the molecule is Cc1ccc(C(=O)NCC(c2ccccc2)c2ccccc2)cc1S(N)(=O)=O. The number of hydrogen-bond donors (Lipinski definition) is 2. The second-order valence-electron chi connectivity index (χ2n) is 6.61. The molecule has 28 heavy (non-hydrogen) atoms. The Balaban J connectivity index is 1.83. The summed E-state index contributed by atoms with van der Waals surface area (Å²) >= 11 is 0. The molecule has 0 aliphatic heterocycles. The number of sulfonamides is 1. The monoisotopic (exact) mass is 394 g/mol. The molecule has 3 N–H and O–H groups in total. The third kappa shape index (κ3) is 4.65. The van der Waals surface area contributed by atoms with E-state index in [0.29, 0.717) is 12.1 Å². The smallest absolute Gasteiger partial charge is 0.251 e. The zero-order valence-corrected chi connectivity index (χ0v) is 16.3. The fraction of sp³-hybridized carbons (Fsp3) is 0.136. The molecule has 6 heteroatoms. The summed E-state index contributed by atoms with van der Waals surface area (Å²) in [6, 6.07) is 24.3. The van der Waals surface area contributed by atoms with E-state index in [1.807, 2.05) is 60.7 Å². The number of nitrogens with two attached hydrogens (primary N) is 1. The summed E-state index contributed by atoms with van der Waals surface area (Å²) in [4.78, 5) is 12.6. The van der Waals surface area contributed by atoms with Gasteiger partial charge in [0.05, 0.1) is 4.90 Å². The molecule has 5 nitrogen and oxygen atoms in total. The highest BCUT2D eigenvalue weighted by molar-refractivity contribution is 7.89. The summed E-state index contributed by atoms with van der Waals surface area (Å²) in [5.74, 6) is -0.365. The number of primary sulfonamides is 1. The van der Waals surface area contributed by atoms with E-state index in [4.69, 9.17) is 5.14 Å². The molecule has 0 spiro atoms. The van der Waals surface area contributed by atoms with Crippen molar-refractivity contribution in [3.63, 3.8) is 0 Å². The lowest BCUT2D eigenvalue weighted by atomic mass is 9.91. The van der Waals surface area contributed by atoms with Crippen LogP contribution in [-0.2, 0) is 10.0 Å². The summed E-state index contributed by atoms with van der Waals surface area (Å²) in [5.41, 5.74) is 2.94. The van der Waals surface area contributed by atoms with E-state index in [2.05, 4.69) is 5.32 Å². The summed E-state index contributed by atoms with van der Waals surface area (Å²) in [5, 5.41) is 8.16. The van der Waals surface area contributed by atoms with Crippen LogP contribution in [0.15, 0.2) is 83.8 Å². The number of hydrogen-bond acceptors (Lipinski definition) is 3. The van der Waals surface area contributed by atoms with Gasteiger partial charge in [0.1, 0.15) is 0 Å². The van der Waals surface area contributed by atoms with E-state index >= 15 is 0 Å². The van der Waals surface area contributed by atoms with Crippen LogP contribution in [0.3, 0.4) is 0 Å². The van der Waals surface area contributed by atoms with Crippen molar-refractivity contribution < 1.29 is 13.2 Å². The molecule has 0 fully saturated rings. The molecule has 0 bridgehead atoms. The van der Waals surface area contributed by atoms with E-state index in [1.165, 1.54) is 6.07 Å². The third-order valence-electron chi connectivity index (χ3n) is 4.63. The van der Waals surface area contributed by atoms with E-state index in [-0.39, 0.29) is 22.3 Å². The number of carbonyl (C=O) groups excluding carboxylic acids is 1.